The van der Waals surface area contributed by atoms with Gasteiger partial charge in [-0.2, -0.15) is 20.4 Å². The van der Waals surface area contributed by atoms with Gasteiger partial charge in [0.05, 0.1) is 54.9 Å². The average molecular weight is 1190 g/mol. The Morgan fingerprint density at radius 1 is 0.222 bits per heavy atom. The van der Waals surface area contributed by atoms with Crippen LogP contribution < -0.4 is 0 Å². The van der Waals surface area contributed by atoms with Crippen LogP contribution in [-0.2, 0) is 0 Å². The summed E-state index contributed by atoms with van der Waals surface area (Å²) in [6.45, 7) is 0. The monoisotopic (exact) mass is 1190 g/mol. The Hall–Kier alpha value is -11.4. The standard InChI is InChI=1S/C80H44Cl2N8/c81-75-65(87-61-39-35-46-15-4-6-20-53(46)71(61)77(83-87)49-17-2-1-3-18-49)27-13-28-66(75)88-62-40-36-47-16-5-7-21-54(47)72(62)78(84-88)50-33-31-45(32-34-50)52-43-51-38-42-64-74-70(51)60(44-52)56-23-9-11-25-59(56)80(74)86-90(64)68-30-14-29-67(76(68)82)89-63-41-37-48-19-12-26-57-55-22-8-10-24-58(55)79(85-89)73(63)69(48)57/h1-44H. The Labute approximate surface area is 522 Å². The quantitative estimate of drug-likeness (QED) is 0.118. The summed E-state index contributed by atoms with van der Waals surface area (Å²) in [4.78, 5) is 0. The summed E-state index contributed by atoms with van der Waals surface area (Å²) in [6.07, 6.45) is 0. The molecule has 0 atom stereocenters. The zero-order chi connectivity index (χ0) is 59.0. The molecule has 0 saturated heterocycles. The summed E-state index contributed by atoms with van der Waals surface area (Å²) in [7, 11) is 0. The van der Waals surface area contributed by atoms with Crippen molar-refractivity contribution in [2.24, 2.45) is 0 Å². The number of fused-ring (bicyclic) bond motifs is 12. The molecular weight excluding hydrogens is 1140 g/mol. The molecule has 0 unspecified atom stereocenters. The van der Waals surface area contributed by atoms with E-state index in [1.165, 1.54) is 26.9 Å². The summed E-state index contributed by atoms with van der Waals surface area (Å²) in [5, 5.41) is 43.4. The number of hydrogen-bond donors (Lipinski definition) is 0. The Bertz CT molecular complexity index is 6430. The van der Waals surface area contributed by atoms with E-state index in [0.717, 1.165) is 160 Å². The summed E-state index contributed by atoms with van der Waals surface area (Å²) in [5.74, 6) is 0. The molecule has 0 saturated carbocycles. The summed E-state index contributed by atoms with van der Waals surface area (Å²) in [6, 6.07) is 94.5. The lowest BCUT2D eigenvalue weighted by molar-refractivity contribution is 0.890. The third-order valence-electron chi connectivity index (χ3n) is 18.9. The Morgan fingerprint density at radius 3 is 1.14 bits per heavy atom. The largest absolute Gasteiger partial charge is 0.231 e. The highest BCUT2D eigenvalue weighted by Gasteiger charge is 2.27. The Balaban J connectivity index is 0.706. The lowest BCUT2D eigenvalue weighted by Gasteiger charge is -2.14. The van der Waals surface area contributed by atoms with Gasteiger partial charge in [-0.05, 0) is 126 Å². The van der Waals surface area contributed by atoms with Crippen LogP contribution in [-0.4, -0.2) is 39.1 Å². The lowest BCUT2D eigenvalue weighted by Crippen LogP contribution is -2.03. The molecule has 0 N–H and O–H groups in total. The first-order valence-electron chi connectivity index (χ1n) is 30.2. The number of aromatic nitrogens is 8. The molecule has 0 bridgehead atoms. The number of nitrogens with zero attached hydrogens (tertiary/aromatic N) is 8. The Kier molecular flexibility index (Phi) is 10.2. The molecule has 0 spiro atoms. The van der Waals surface area contributed by atoms with Crippen LogP contribution in [0.4, 0.5) is 0 Å². The third kappa shape index (κ3) is 6.86. The van der Waals surface area contributed by atoms with Gasteiger partial charge in [-0.1, -0.05) is 229 Å². The number of hydrogen-bond acceptors (Lipinski definition) is 4. The molecular formula is C80H44Cl2N8. The minimum atomic E-state index is 0.540. The van der Waals surface area contributed by atoms with Gasteiger partial charge in [0.25, 0.3) is 0 Å². The van der Waals surface area contributed by atoms with E-state index in [1.54, 1.807) is 0 Å². The number of rotatable bonds is 7. The van der Waals surface area contributed by atoms with Crippen molar-refractivity contribution in [2.75, 3.05) is 0 Å². The van der Waals surface area contributed by atoms with Crippen LogP contribution in [0.15, 0.2) is 267 Å². The van der Waals surface area contributed by atoms with Crippen molar-refractivity contribution in [1.29, 1.82) is 0 Å². The van der Waals surface area contributed by atoms with Gasteiger partial charge in [-0.25, -0.2) is 18.7 Å². The summed E-state index contributed by atoms with van der Waals surface area (Å²) in [5.41, 5.74) is 14.9. The fourth-order valence-electron chi connectivity index (χ4n) is 14.9. The van der Waals surface area contributed by atoms with E-state index in [9.17, 15) is 0 Å². The molecule has 20 aromatic rings. The zero-order valence-corrected chi connectivity index (χ0v) is 49.2. The first kappa shape index (κ1) is 49.7. The van der Waals surface area contributed by atoms with Gasteiger partial charge in [-0.15, -0.1) is 0 Å². The summed E-state index contributed by atoms with van der Waals surface area (Å²) < 4.78 is 8.06. The van der Waals surface area contributed by atoms with Gasteiger partial charge in [0.2, 0.25) is 0 Å². The minimum Gasteiger partial charge on any atom is -0.231 e. The molecule has 0 aliphatic heterocycles. The van der Waals surface area contributed by atoms with Crippen LogP contribution in [0.3, 0.4) is 0 Å². The van der Waals surface area contributed by atoms with Crippen LogP contribution in [0, 0.1) is 0 Å². The first-order valence-corrected chi connectivity index (χ1v) is 30.9. The van der Waals surface area contributed by atoms with E-state index >= 15 is 0 Å². The molecule has 0 fully saturated rings. The SMILES string of the molecule is Clc1c(-n2nc(-c3ccccc3)c3c4ccccc4ccc32)cccc1-n1nc(-c2ccc(-c3cc4ccc5c6c(nn5-c5cccc(-n7nc8c9ccccc9c9cccc%10ccc7c8c%109)c5Cl)c5ccccc5c(c3)c46)cc2)c2c3ccccc3ccc21. The van der Waals surface area contributed by atoms with Crippen LogP contribution in [0.1, 0.15) is 0 Å². The molecule has 4 aromatic heterocycles. The van der Waals surface area contributed by atoms with E-state index in [1.807, 2.05) is 43.0 Å². The van der Waals surface area contributed by atoms with Crippen molar-refractivity contribution in [3.8, 4) is 56.4 Å². The zero-order valence-electron chi connectivity index (χ0n) is 47.7. The fraction of sp³-hybridized carbons (Fsp3) is 0. The number of benzene rings is 16. The smallest absolute Gasteiger partial charge is 0.102 e. The van der Waals surface area contributed by atoms with E-state index in [2.05, 4.69) is 243 Å². The fourth-order valence-corrected chi connectivity index (χ4v) is 15.5. The molecule has 4 heterocycles. The van der Waals surface area contributed by atoms with Crippen LogP contribution in [0.5, 0.6) is 0 Å². The van der Waals surface area contributed by atoms with Crippen molar-refractivity contribution in [1.82, 2.24) is 39.1 Å². The molecule has 8 nitrogen and oxygen atoms in total. The van der Waals surface area contributed by atoms with Gasteiger partial charge in [0, 0.05) is 54.2 Å². The summed E-state index contributed by atoms with van der Waals surface area (Å²) >= 11 is 15.4. The lowest BCUT2D eigenvalue weighted by atomic mass is 9.90. The molecule has 16 aromatic carbocycles. The molecule has 0 amide bonds. The molecule has 418 valence electrons. The average Bonchev–Trinajstić information content (AvgIpc) is 1.47. The molecule has 0 aliphatic carbocycles. The Morgan fingerprint density at radius 2 is 0.600 bits per heavy atom. The van der Waals surface area contributed by atoms with E-state index in [-0.39, 0.29) is 0 Å². The second-order valence-corrected chi connectivity index (χ2v) is 24.4. The van der Waals surface area contributed by atoms with Crippen molar-refractivity contribution in [3.63, 3.8) is 0 Å². The third-order valence-corrected chi connectivity index (χ3v) is 19.7. The van der Waals surface area contributed by atoms with E-state index in [0.29, 0.717) is 10.0 Å². The van der Waals surface area contributed by atoms with E-state index < -0.39 is 0 Å². The van der Waals surface area contributed by atoms with Gasteiger partial charge in [-0.3, -0.25) is 0 Å². The molecule has 90 heavy (non-hydrogen) atoms. The van der Waals surface area contributed by atoms with Crippen LogP contribution in [0.25, 0.3) is 186 Å². The second-order valence-electron chi connectivity index (χ2n) is 23.6. The van der Waals surface area contributed by atoms with Crippen molar-refractivity contribution in [2.45, 2.75) is 0 Å². The molecule has 10 heteroatoms. The van der Waals surface area contributed by atoms with Crippen molar-refractivity contribution >= 4 is 153 Å². The predicted octanol–water partition coefficient (Wildman–Crippen LogP) is 21.5. The second kappa shape index (κ2) is 18.6. The van der Waals surface area contributed by atoms with Gasteiger partial charge in [0.1, 0.15) is 22.4 Å². The highest BCUT2D eigenvalue weighted by molar-refractivity contribution is 6.37. The van der Waals surface area contributed by atoms with E-state index in [4.69, 9.17) is 43.6 Å². The molecule has 20 rings (SSSR count). The molecule has 0 aliphatic rings. The minimum absolute atomic E-state index is 0.540. The van der Waals surface area contributed by atoms with Gasteiger partial charge in [0.15, 0.2) is 0 Å². The van der Waals surface area contributed by atoms with Gasteiger partial charge < -0.3 is 0 Å². The maximum absolute atomic E-state index is 7.72. The van der Waals surface area contributed by atoms with Crippen molar-refractivity contribution < 1.29 is 0 Å². The predicted molar refractivity (Wildman–Crippen MR) is 374 cm³/mol. The number of halogens is 2. The highest BCUT2D eigenvalue weighted by Crippen LogP contribution is 2.47. The molecule has 0 radical (unpaired) electrons. The van der Waals surface area contributed by atoms with Gasteiger partial charge >= 0.3 is 0 Å². The van der Waals surface area contributed by atoms with Crippen molar-refractivity contribution in [3.05, 3.63) is 277 Å². The maximum Gasteiger partial charge on any atom is 0.102 e. The first-order chi connectivity index (χ1) is 44.5. The van der Waals surface area contributed by atoms with Crippen LogP contribution >= 0.6 is 23.2 Å². The normalized spacial score (nSPS) is 12.3. The highest BCUT2D eigenvalue weighted by atomic mass is 35.5. The maximum atomic E-state index is 7.72. The topological polar surface area (TPSA) is 71.3 Å². The van der Waals surface area contributed by atoms with Crippen LogP contribution in [0.2, 0.25) is 10.0 Å².